The van der Waals surface area contributed by atoms with E-state index in [4.69, 9.17) is 0 Å². The Morgan fingerprint density at radius 1 is 1.25 bits per heavy atom. The van der Waals surface area contributed by atoms with E-state index in [-0.39, 0.29) is 0 Å². The van der Waals surface area contributed by atoms with Gasteiger partial charge in [0.25, 0.3) is 0 Å². The Balaban J connectivity index is 2.28. The molecule has 0 saturated carbocycles. The van der Waals surface area contributed by atoms with Crippen LogP contribution in [-0.2, 0) is 0 Å². The topological polar surface area (TPSA) is 46.0 Å². The van der Waals surface area contributed by atoms with Gasteiger partial charge in [0.1, 0.15) is 11.4 Å². The van der Waals surface area contributed by atoms with Crippen molar-refractivity contribution in [3.8, 4) is 0 Å². The number of nitrogens with zero attached hydrogens (tertiary/aromatic N) is 2. The lowest BCUT2D eigenvalue weighted by Crippen LogP contribution is -1.93. The highest BCUT2D eigenvalue weighted by molar-refractivity contribution is 7.99. The van der Waals surface area contributed by atoms with E-state index in [0.29, 0.717) is 0 Å². The highest BCUT2D eigenvalue weighted by Crippen LogP contribution is 2.31. The first-order chi connectivity index (χ1) is 7.77. The molecule has 0 bridgehead atoms. The normalized spacial score (nSPS) is 12.4. The number of hydrogen-bond acceptors (Lipinski definition) is 4. The molecule has 0 amide bonds. The van der Waals surface area contributed by atoms with E-state index >= 15 is 0 Å². The quantitative estimate of drug-likeness (QED) is 0.826. The van der Waals surface area contributed by atoms with Crippen LogP contribution in [0.3, 0.4) is 0 Å². The van der Waals surface area contributed by atoms with Crippen molar-refractivity contribution in [2.75, 3.05) is 0 Å². The van der Waals surface area contributed by atoms with Crippen LogP contribution in [0.2, 0.25) is 0 Å². The number of hydrogen-bond donors (Lipinski definition) is 1. The Morgan fingerprint density at radius 3 is 2.75 bits per heavy atom. The fourth-order valence-electron chi connectivity index (χ4n) is 1.37. The van der Waals surface area contributed by atoms with Crippen LogP contribution >= 0.6 is 11.8 Å². The van der Waals surface area contributed by atoms with E-state index in [0.717, 1.165) is 15.5 Å². The summed E-state index contributed by atoms with van der Waals surface area (Å²) in [4.78, 5) is 9.04. The van der Waals surface area contributed by atoms with Gasteiger partial charge in [0, 0.05) is 11.1 Å². The third-order valence-electron chi connectivity index (χ3n) is 2.14. The van der Waals surface area contributed by atoms with Crippen molar-refractivity contribution in [2.24, 2.45) is 0 Å². The zero-order valence-electron chi connectivity index (χ0n) is 8.87. The van der Waals surface area contributed by atoms with Gasteiger partial charge in [0.15, 0.2) is 0 Å². The summed E-state index contributed by atoms with van der Waals surface area (Å²) in [6, 6.07) is 9.63. The number of benzene rings is 1. The molecule has 2 aromatic rings. The summed E-state index contributed by atoms with van der Waals surface area (Å²) < 4.78 is 0. The molecule has 2 rings (SSSR count). The molecule has 3 nitrogen and oxygen atoms in total. The second kappa shape index (κ2) is 5.09. The van der Waals surface area contributed by atoms with E-state index in [9.17, 15) is 5.11 Å². The van der Waals surface area contributed by atoms with Crippen LogP contribution in [0.5, 0.6) is 0 Å². The minimum atomic E-state index is -0.467. The highest BCUT2D eigenvalue weighted by Gasteiger charge is 2.08. The molecule has 4 heteroatoms. The third-order valence-corrected chi connectivity index (χ3v) is 3.18. The molecule has 0 fully saturated rings. The average Bonchev–Trinajstić information content (AvgIpc) is 2.31. The molecule has 1 aromatic carbocycles. The molecule has 1 heterocycles. The number of aliphatic hydroxyl groups is 1. The van der Waals surface area contributed by atoms with Crippen LogP contribution in [0, 0.1) is 0 Å². The van der Waals surface area contributed by atoms with E-state index in [1.165, 1.54) is 18.1 Å². The van der Waals surface area contributed by atoms with Gasteiger partial charge in [0.2, 0.25) is 0 Å². The van der Waals surface area contributed by atoms with Crippen LogP contribution in [0.25, 0.3) is 0 Å². The second-order valence-electron chi connectivity index (χ2n) is 3.36. The van der Waals surface area contributed by atoms with Gasteiger partial charge in [-0.2, -0.15) is 0 Å². The average molecular weight is 232 g/mol. The van der Waals surface area contributed by atoms with Gasteiger partial charge in [-0.05, 0) is 24.6 Å². The van der Waals surface area contributed by atoms with E-state index in [1.807, 2.05) is 30.3 Å². The third kappa shape index (κ3) is 2.59. The summed E-state index contributed by atoms with van der Waals surface area (Å²) in [6.45, 7) is 1.76. The monoisotopic (exact) mass is 232 g/mol. The molecule has 0 aliphatic rings. The summed E-state index contributed by atoms with van der Waals surface area (Å²) in [7, 11) is 0. The minimum absolute atomic E-state index is 0.467. The Kier molecular flexibility index (Phi) is 3.54. The van der Waals surface area contributed by atoms with Crippen molar-refractivity contribution in [3.63, 3.8) is 0 Å². The van der Waals surface area contributed by atoms with E-state index < -0.39 is 6.10 Å². The van der Waals surface area contributed by atoms with Crippen molar-refractivity contribution in [1.82, 2.24) is 9.97 Å². The summed E-state index contributed by atoms with van der Waals surface area (Å²) in [5.74, 6) is 0. The lowest BCUT2D eigenvalue weighted by Gasteiger charge is -2.10. The zero-order valence-corrected chi connectivity index (χ0v) is 9.69. The lowest BCUT2D eigenvalue weighted by atomic mass is 10.1. The first-order valence-electron chi connectivity index (χ1n) is 4.98. The van der Waals surface area contributed by atoms with E-state index in [2.05, 4.69) is 9.97 Å². The zero-order chi connectivity index (χ0) is 11.4. The molecule has 1 aromatic heterocycles. The van der Waals surface area contributed by atoms with Gasteiger partial charge in [-0.3, -0.25) is 0 Å². The van der Waals surface area contributed by atoms with Crippen LogP contribution in [0.15, 0.2) is 52.8 Å². The van der Waals surface area contributed by atoms with Crippen LogP contribution in [0.1, 0.15) is 18.6 Å². The van der Waals surface area contributed by atoms with Crippen LogP contribution in [-0.4, -0.2) is 15.1 Å². The van der Waals surface area contributed by atoms with Gasteiger partial charge in [-0.25, -0.2) is 9.97 Å². The van der Waals surface area contributed by atoms with Crippen molar-refractivity contribution in [3.05, 3.63) is 48.4 Å². The molecule has 1 N–H and O–H groups in total. The fourth-order valence-corrected chi connectivity index (χ4v) is 2.33. The first kappa shape index (κ1) is 11.1. The second-order valence-corrected chi connectivity index (χ2v) is 4.43. The number of aliphatic hydroxyl groups excluding tert-OH is 1. The van der Waals surface area contributed by atoms with Gasteiger partial charge in [0.05, 0.1) is 6.10 Å². The minimum Gasteiger partial charge on any atom is -0.389 e. The summed E-state index contributed by atoms with van der Waals surface area (Å²) in [5.41, 5.74) is 0.922. The predicted octanol–water partition coefficient (Wildman–Crippen LogP) is 2.68. The maximum Gasteiger partial charge on any atom is 0.116 e. The maximum atomic E-state index is 9.64. The van der Waals surface area contributed by atoms with Gasteiger partial charge in [-0.1, -0.05) is 30.0 Å². The van der Waals surface area contributed by atoms with Crippen molar-refractivity contribution in [2.45, 2.75) is 22.9 Å². The highest BCUT2D eigenvalue weighted by atomic mass is 32.2. The summed E-state index contributed by atoms with van der Waals surface area (Å²) in [6.07, 6.45) is 2.76. The Morgan fingerprint density at radius 2 is 2.06 bits per heavy atom. The molecule has 0 aliphatic heterocycles. The molecular formula is C12H12N2OS. The Bertz CT molecular complexity index is 460. The largest absolute Gasteiger partial charge is 0.389 e. The van der Waals surface area contributed by atoms with Crippen LogP contribution < -0.4 is 0 Å². The number of rotatable bonds is 3. The smallest absolute Gasteiger partial charge is 0.116 e. The summed E-state index contributed by atoms with van der Waals surface area (Å²) >= 11 is 1.53. The van der Waals surface area contributed by atoms with Gasteiger partial charge in [-0.15, -0.1) is 0 Å². The molecule has 1 atom stereocenters. The Labute approximate surface area is 98.6 Å². The molecular weight excluding hydrogens is 220 g/mol. The lowest BCUT2D eigenvalue weighted by molar-refractivity contribution is 0.196. The standard InChI is InChI=1S/C12H12N2OS/c1-9(15)10-4-2-3-5-11(10)16-12-6-7-13-8-14-12/h2-9,15H,1H3/t9-/m0/s1. The van der Waals surface area contributed by atoms with Crippen molar-refractivity contribution >= 4 is 11.8 Å². The molecule has 0 unspecified atom stereocenters. The van der Waals surface area contributed by atoms with Crippen molar-refractivity contribution in [1.29, 1.82) is 0 Å². The molecule has 0 aliphatic carbocycles. The van der Waals surface area contributed by atoms with Gasteiger partial charge >= 0.3 is 0 Å². The predicted molar refractivity (Wildman–Crippen MR) is 63.2 cm³/mol. The SMILES string of the molecule is C[C@H](O)c1ccccc1Sc1ccncn1. The molecule has 0 saturated heterocycles. The number of aromatic nitrogens is 2. The maximum absolute atomic E-state index is 9.64. The summed E-state index contributed by atoms with van der Waals surface area (Å²) in [5, 5.41) is 10.5. The molecule has 0 radical (unpaired) electrons. The van der Waals surface area contributed by atoms with Crippen molar-refractivity contribution < 1.29 is 5.11 Å². The molecule has 82 valence electrons. The first-order valence-corrected chi connectivity index (χ1v) is 5.80. The van der Waals surface area contributed by atoms with Crippen LogP contribution in [0.4, 0.5) is 0 Å². The molecule has 16 heavy (non-hydrogen) atoms. The van der Waals surface area contributed by atoms with Gasteiger partial charge < -0.3 is 5.11 Å². The fraction of sp³-hybridized carbons (Fsp3) is 0.167. The Hall–Kier alpha value is -1.39. The molecule has 0 spiro atoms. The van der Waals surface area contributed by atoms with E-state index in [1.54, 1.807) is 13.1 Å².